The van der Waals surface area contributed by atoms with Crippen molar-refractivity contribution in [3.8, 4) is 5.75 Å². The van der Waals surface area contributed by atoms with Crippen molar-refractivity contribution in [2.24, 2.45) is 0 Å². The largest absolute Gasteiger partial charge is 0.492 e. The third-order valence-electron chi connectivity index (χ3n) is 3.41. The molecule has 0 atom stereocenters. The summed E-state index contributed by atoms with van der Waals surface area (Å²) in [5.74, 6) is 0.799. The van der Waals surface area contributed by atoms with Crippen LogP contribution in [0.15, 0.2) is 30.3 Å². The number of hydrogen-bond acceptors (Lipinski definition) is 4. The number of amides is 1. The molecule has 5 nitrogen and oxygen atoms in total. The highest BCUT2D eigenvalue weighted by Gasteiger charge is 2.33. The van der Waals surface area contributed by atoms with Gasteiger partial charge < -0.3 is 19.7 Å². The molecule has 1 aromatic rings. The van der Waals surface area contributed by atoms with Gasteiger partial charge in [-0.05, 0) is 19.1 Å². The van der Waals surface area contributed by atoms with Crippen LogP contribution in [0.25, 0.3) is 0 Å². The minimum Gasteiger partial charge on any atom is -0.492 e. The molecular weight excluding hydrogens is 256 g/mol. The van der Waals surface area contributed by atoms with Crippen LogP contribution < -0.4 is 10.1 Å². The SMILES string of the molecule is CN(CCOc1ccccc1)C(=O)COC1(C)CNC1. The smallest absolute Gasteiger partial charge is 0.248 e. The van der Waals surface area contributed by atoms with Crippen molar-refractivity contribution in [1.29, 1.82) is 0 Å². The lowest BCUT2D eigenvalue weighted by molar-refractivity contribution is -0.145. The summed E-state index contributed by atoms with van der Waals surface area (Å²) in [6.45, 7) is 4.77. The van der Waals surface area contributed by atoms with Crippen LogP contribution >= 0.6 is 0 Å². The van der Waals surface area contributed by atoms with Crippen molar-refractivity contribution in [2.45, 2.75) is 12.5 Å². The van der Waals surface area contributed by atoms with Crippen molar-refractivity contribution in [3.63, 3.8) is 0 Å². The van der Waals surface area contributed by atoms with Crippen LogP contribution in [0.4, 0.5) is 0 Å². The van der Waals surface area contributed by atoms with E-state index in [9.17, 15) is 4.79 Å². The van der Waals surface area contributed by atoms with Gasteiger partial charge in [-0.2, -0.15) is 0 Å². The predicted molar refractivity (Wildman–Crippen MR) is 76.8 cm³/mol. The Hall–Kier alpha value is -1.59. The lowest BCUT2D eigenvalue weighted by Gasteiger charge is -2.39. The normalized spacial score (nSPS) is 16.3. The molecule has 1 aromatic carbocycles. The monoisotopic (exact) mass is 278 g/mol. The van der Waals surface area contributed by atoms with Gasteiger partial charge in [-0.25, -0.2) is 0 Å². The van der Waals surface area contributed by atoms with Gasteiger partial charge in [0.15, 0.2) is 0 Å². The third-order valence-corrected chi connectivity index (χ3v) is 3.41. The fraction of sp³-hybridized carbons (Fsp3) is 0.533. The molecule has 1 heterocycles. The van der Waals surface area contributed by atoms with E-state index in [1.54, 1.807) is 11.9 Å². The molecule has 1 aliphatic heterocycles. The second-order valence-corrected chi connectivity index (χ2v) is 5.32. The van der Waals surface area contributed by atoms with Crippen LogP contribution in [0.5, 0.6) is 5.75 Å². The molecule has 0 aromatic heterocycles. The average molecular weight is 278 g/mol. The Morgan fingerprint density at radius 1 is 1.35 bits per heavy atom. The number of carbonyl (C=O) groups is 1. The lowest BCUT2D eigenvalue weighted by Crippen LogP contribution is -2.59. The molecule has 1 saturated heterocycles. The Morgan fingerprint density at radius 2 is 2.05 bits per heavy atom. The van der Waals surface area contributed by atoms with E-state index in [1.807, 2.05) is 37.3 Å². The number of benzene rings is 1. The number of carbonyl (C=O) groups excluding carboxylic acids is 1. The number of ether oxygens (including phenoxy) is 2. The molecule has 0 unspecified atom stereocenters. The first-order valence-electron chi connectivity index (χ1n) is 6.86. The van der Waals surface area contributed by atoms with E-state index < -0.39 is 0 Å². The molecule has 0 bridgehead atoms. The van der Waals surface area contributed by atoms with Gasteiger partial charge in [0.1, 0.15) is 19.0 Å². The second kappa shape index (κ2) is 6.72. The maximum absolute atomic E-state index is 11.9. The Bertz CT molecular complexity index is 432. The number of rotatable bonds is 7. The summed E-state index contributed by atoms with van der Waals surface area (Å²) in [6.07, 6.45) is 0. The number of para-hydroxylation sites is 1. The van der Waals surface area contributed by atoms with Crippen molar-refractivity contribution in [1.82, 2.24) is 10.2 Å². The highest BCUT2D eigenvalue weighted by Crippen LogP contribution is 2.15. The predicted octanol–water partition coefficient (Wildman–Crippen LogP) is 0.902. The van der Waals surface area contributed by atoms with Gasteiger partial charge in [-0.3, -0.25) is 4.79 Å². The maximum atomic E-state index is 11.9. The third kappa shape index (κ3) is 4.21. The number of likely N-dealkylation sites (N-methyl/N-ethyl adjacent to an activating group) is 1. The quantitative estimate of drug-likeness (QED) is 0.805. The van der Waals surface area contributed by atoms with E-state index >= 15 is 0 Å². The first-order valence-corrected chi connectivity index (χ1v) is 6.86. The van der Waals surface area contributed by atoms with Gasteiger partial charge in [0, 0.05) is 20.1 Å². The summed E-state index contributed by atoms with van der Waals surface area (Å²) in [7, 11) is 1.77. The standard InChI is InChI=1S/C15H22N2O3/c1-15(11-16-12-15)20-10-14(18)17(2)8-9-19-13-6-4-3-5-7-13/h3-7,16H,8-12H2,1-2H3. The van der Waals surface area contributed by atoms with Gasteiger partial charge in [0.25, 0.3) is 0 Å². The summed E-state index contributed by atoms with van der Waals surface area (Å²) < 4.78 is 11.2. The molecule has 0 saturated carbocycles. The summed E-state index contributed by atoms with van der Waals surface area (Å²) in [5.41, 5.74) is -0.183. The molecule has 110 valence electrons. The molecule has 1 amide bonds. The van der Waals surface area contributed by atoms with Gasteiger partial charge in [0.2, 0.25) is 5.91 Å². The number of hydrogen-bond donors (Lipinski definition) is 1. The molecule has 1 fully saturated rings. The van der Waals surface area contributed by atoms with Crippen LogP contribution in [0.2, 0.25) is 0 Å². The minimum absolute atomic E-state index is 0.0187. The molecule has 1 N–H and O–H groups in total. The van der Waals surface area contributed by atoms with Crippen LogP contribution in [0.3, 0.4) is 0 Å². The van der Waals surface area contributed by atoms with Gasteiger partial charge in [0.05, 0.1) is 12.1 Å². The molecule has 20 heavy (non-hydrogen) atoms. The summed E-state index contributed by atoms with van der Waals surface area (Å²) >= 11 is 0. The zero-order chi connectivity index (χ0) is 14.4. The first kappa shape index (κ1) is 14.8. The molecule has 0 aliphatic carbocycles. The fourth-order valence-electron chi connectivity index (χ4n) is 1.87. The number of nitrogens with zero attached hydrogens (tertiary/aromatic N) is 1. The van der Waals surface area contributed by atoms with E-state index in [0.29, 0.717) is 13.2 Å². The van der Waals surface area contributed by atoms with Crippen molar-refractivity contribution >= 4 is 5.91 Å². The zero-order valence-electron chi connectivity index (χ0n) is 12.1. The Morgan fingerprint density at radius 3 is 2.65 bits per heavy atom. The lowest BCUT2D eigenvalue weighted by atomic mass is 10.0. The van der Waals surface area contributed by atoms with E-state index in [1.165, 1.54) is 0 Å². The molecule has 1 aliphatic rings. The van der Waals surface area contributed by atoms with E-state index in [-0.39, 0.29) is 18.1 Å². The fourth-order valence-corrected chi connectivity index (χ4v) is 1.87. The Kier molecular flexibility index (Phi) is 4.98. The van der Waals surface area contributed by atoms with Crippen LogP contribution in [0.1, 0.15) is 6.92 Å². The van der Waals surface area contributed by atoms with Crippen LogP contribution in [-0.2, 0) is 9.53 Å². The van der Waals surface area contributed by atoms with E-state index in [0.717, 1.165) is 18.8 Å². The van der Waals surface area contributed by atoms with Gasteiger partial charge in [-0.1, -0.05) is 18.2 Å². The van der Waals surface area contributed by atoms with Crippen molar-refractivity contribution < 1.29 is 14.3 Å². The van der Waals surface area contributed by atoms with Crippen molar-refractivity contribution in [3.05, 3.63) is 30.3 Å². The minimum atomic E-state index is -0.183. The first-order chi connectivity index (χ1) is 9.59. The van der Waals surface area contributed by atoms with E-state index in [2.05, 4.69) is 5.32 Å². The highest BCUT2D eigenvalue weighted by atomic mass is 16.5. The summed E-state index contributed by atoms with van der Waals surface area (Å²) in [6, 6.07) is 9.58. The highest BCUT2D eigenvalue weighted by molar-refractivity contribution is 5.77. The molecule has 0 spiro atoms. The van der Waals surface area contributed by atoms with Gasteiger partial charge >= 0.3 is 0 Å². The zero-order valence-corrected chi connectivity index (χ0v) is 12.1. The number of nitrogens with one attached hydrogen (secondary N) is 1. The summed E-state index contributed by atoms with van der Waals surface area (Å²) in [5, 5.41) is 3.14. The Labute approximate surface area is 119 Å². The topological polar surface area (TPSA) is 50.8 Å². The van der Waals surface area contributed by atoms with Crippen LogP contribution in [0, 0.1) is 0 Å². The maximum Gasteiger partial charge on any atom is 0.248 e. The molecule has 2 rings (SSSR count). The molecular formula is C15H22N2O3. The average Bonchev–Trinajstić information content (AvgIpc) is 2.43. The van der Waals surface area contributed by atoms with Gasteiger partial charge in [-0.15, -0.1) is 0 Å². The van der Waals surface area contributed by atoms with E-state index in [4.69, 9.17) is 9.47 Å². The second-order valence-electron chi connectivity index (χ2n) is 5.32. The molecule has 0 radical (unpaired) electrons. The molecule has 5 heteroatoms. The summed E-state index contributed by atoms with van der Waals surface area (Å²) in [4.78, 5) is 13.5. The van der Waals surface area contributed by atoms with Crippen molar-refractivity contribution in [2.75, 3.05) is 39.9 Å². The van der Waals surface area contributed by atoms with Crippen LogP contribution in [-0.4, -0.2) is 56.3 Å². The Balaban J connectivity index is 1.63.